The molecule has 0 heterocycles. The summed E-state index contributed by atoms with van der Waals surface area (Å²) in [6.07, 6.45) is 7.15. The molecule has 2 N–H and O–H groups in total. The molecular weight excluding hydrogens is 373 g/mol. The van der Waals surface area contributed by atoms with Crippen molar-refractivity contribution in [1.82, 2.24) is 5.32 Å². The van der Waals surface area contributed by atoms with Gasteiger partial charge in [-0.05, 0) is 87.7 Å². The lowest BCUT2D eigenvalue weighted by molar-refractivity contribution is -0.143. The number of hydrogen-bond acceptors (Lipinski definition) is 3. The molecule has 6 heteroatoms. The van der Waals surface area contributed by atoms with Crippen molar-refractivity contribution < 1.29 is 23.8 Å². The van der Waals surface area contributed by atoms with Gasteiger partial charge in [-0.3, -0.25) is 4.79 Å². The third kappa shape index (κ3) is 3.03. The Balaban J connectivity index is 1.37. The molecule has 0 aromatic heterocycles. The molecule has 0 saturated heterocycles. The van der Waals surface area contributed by atoms with E-state index in [9.17, 15) is 19.1 Å². The van der Waals surface area contributed by atoms with Gasteiger partial charge in [0.05, 0.1) is 12.2 Å². The zero-order chi connectivity index (χ0) is 20.6. The Morgan fingerprint density at radius 3 is 2.41 bits per heavy atom. The Hall–Kier alpha value is -2.11. The average molecular weight is 401 g/mol. The predicted molar refractivity (Wildman–Crippen MR) is 104 cm³/mol. The molecule has 29 heavy (non-hydrogen) atoms. The van der Waals surface area contributed by atoms with Crippen LogP contribution in [0.4, 0.5) is 4.39 Å². The van der Waals surface area contributed by atoms with Gasteiger partial charge in [0.1, 0.15) is 17.1 Å². The molecule has 1 aromatic rings. The molecule has 6 rings (SSSR count). The molecule has 5 aliphatic carbocycles. The molecular formula is C23H28FNO4. The van der Waals surface area contributed by atoms with E-state index in [1.54, 1.807) is 6.07 Å². The lowest BCUT2D eigenvalue weighted by Crippen LogP contribution is -2.49. The second-order valence-electron chi connectivity index (χ2n) is 10.3. The Bertz CT molecular complexity index is 877. The van der Waals surface area contributed by atoms with E-state index in [-0.39, 0.29) is 16.9 Å². The summed E-state index contributed by atoms with van der Waals surface area (Å²) in [5.41, 5.74) is -0.439. The minimum Gasteiger partial charge on any atom is -0.493 e. The summed E-state index contributed by atoms with van der Waals surface area (Å²) in [7, 11) is 0. The fourth-order valence-corrected chi connectivity index (χ4v) is 6.12. The fourth-order valence-electron chi connectivity index (χ4n) is 6.12. The van der Waals surface area contributed by atoms with Crippen LogP contribution in [-0.4, -0.2) is 29.1 Å². The lowest BCUT2D eigenvalue weighted by Gasteiger charge is -2.29. The SMILES string of the molecule is CC(C)(NC(=O)c1cc(C2CC2)c(OCC23CC4CC2CC4C3)cc1F)C(=O)O. The van der Waals surface area contributed by atoms with Gasteiger partial charge in [0.25, 0.3) is 5.91 Å². The Labute approximate surface area is 170 Å². The van der Waals surface area contributed by atoms with Crippen LogP contribution in [0.25, 0.3) is 0 Å². The number of halogens is 1. The van der Waals surface area contributed by atoms with E-state index in [0.717, 1.165) is 36.2 Å². The largest absolute Gasteiger partial charge is 0.493 e. The van der Waals surface area contributed by atoms with E-state index >= 15 is 0 Å². The standard InChI is InChI=1S/C23H28FNO4/c1-22(2,21(27)28)25-20(26)17-7-16(12-3-4-12)19(8-18(17)24)29-11-23-9-13-5-15(23)6-14(13)10-23/h7-8,12-15H,3-6,9-11H2,1-2H3,(H,25,26)(H,27,28). The van der Waals surface area contributed by atoms with Gasteiger partial charge in [0, 0.05) is 11.5 Å². The minimum atomic E-state index is -1.47. The maximum Gasteiger partial charge on any atom is 0.328 e. The molecule has 5 aliphatic rings. The highest BCUT2D eigenvalue weighted by molar-refractivity contribution is 5.98. The molecule has 4 bridgehead atoms. The molecule has 0 radical (unpaired) electrons. The third-order valence-corrected chi connectivity index (χ3v) is 7.88. The molecule has 5 nitrogen and oxygen atoms in total. The van der Waals surface area contributed by atoms with Crippen LogP contribution in [0.1, 0.15) is 74.2 Å². The molecule has 1 amide bonds. The first kappa shape index (κ1) is 18.9. The van der Waals surface area contributed by atoms with Crippen molar-refractivity contribution in [1.29, 1.82) is 0 Å². The second-order valence-corrected chi connectivity index (χ2v) is 10.3. The van der Waals surface area contributed by atoms with Crippen molar-refractivity contribution in [3.05, 3.63) is 29.1 Å². The van der Waals surface area contributed by atoms with Gasteiger partial charge in [-0.25, -0.2) is 9.18 Å². The van der Waals surface area contributed by atoms with Crippen LogP contribution in [0.2, 0.25) is 0 Å². The topological polar surface area (TPSA) is 75.6 Å². The Morgan fingerprint density at radius 2 is 1.90 bits per heavy atom. The van der Waals surface area contributed by atoms with Crippen LogP contribution in [-0.2, 0) is 4.79 Å². The summed E-state index contributed by atoms with van der Waals surface area (Å²) in [5, 5.41) is 11.6. The quantitative estimate of drug-likeness (QED) is 0.721. The van der Waals surface area contributed by atoms with Gasteiger partial charge in [-0.2, -0.15) is 0 Å². The number of carbonyl (C=O) groups is 2. The van der Waals surface area contributed by atoms with Crippen molar-refractivity contribution in [2.24, 2.45) is 23.2 Å². The van der Waals surface area contributed by atoms with Gasteiger partial charge in [0.15, 0.2) is 0 Å². The molecule has 5 saturated carbocycles. The van der Waals surface area contributed by atoms with Crippen molar-refractivity contribution in [2.75, 3.05) is 6.61 Å². The molecule has 2 atom stereocenters. The summed E-state index contributed by atoms with van der Waals surface area (Å²) < 4.78 is 21.1. The molecule has 1 aromatic carbocycles. The van der Waals surface area contributed by atoms with Crippen LogP contribution in [0.5, 0.6) is 5.75 Å². The van der Waals surface area contributed by atoms with Crippen molar-refractivity contribution in [3.63, 3.8) is 0 Å². The smallest absolute Gasteiger partial charge is 0.328 e. The van der Waals surface area contributed by atoms with Gasteiger partial charge in [0.2, 0.25) is 0 Å². The maximum atomic E-state index is 14.8. The Kier molecular flexibility index (Phi) is 4.03. The second kappa shape index (κ2) is 6.19. The summed E-state index contributed by atoms with van der Waals surface area (Å²) in [6.45, 7) is 3.40. The van der Waals surface area contributed by atoms with Crippen LogP contribution in [0, 0.1) is 29.0 Å². The Morgan fingerprint density at radius 1 is 1.24 bits per heavy atom. The molecule has 0 aliphatic heterocycles. The van der Waals surface area contributed by atoms with Crippen LogP contribution in [0.15, 0.2) is 12.1 Å². The number of aliphatic carboxylic acids is 1. The zero-order valence-electron chi connectivity index (χ0n) is 17.0. The van der Waals surface area contributed by atoms with Crippen molar-refractivity contribution in [3.8, 4) is 5.75 Å². The summed E-state index contributed by atoms with van der Waals surface area (Å²) in [5.74, 6) is 0.793. The normalized spacial score (nSPS) is 32.0. The lowest BCUT2D eigenvalue weighted by atomic mass is 9.82. The number of nitrogens with one attached hydrogen (secondary N) is 1. The van der Waals surface area contributed by atoms with Crippen molar-refractivity contribution in [2.45, 2.75) is 63.8 Å². The number of carboxylic acids is 1. The third-order valence-electron chi connectivity index (χ3n) is 7.88. The first-order chi connectivity index (χ1) is 13.7. The van der Waals surface area contributed by atoms with E-state index in [0.29, 0.717) is 12.4 Å². The molecule has 2 unspecified atom stereocenters. The highest BCUT2D eigenvalue weighted by Gasteiger charge is 2.63. The summed E-state index contributed by atoms with van der Waals surface area (Å²) in [4.78, 5) is 23.8. The highest BCUT2D eigenvalue weighted by atomic mass is 19.1. The van der Waals surface area contributed by atoms with E-state index in [2.05, 4.69) is 5.32 Å². The first-order valence-electron chi connectivity index (χ1n) is 10.7. The van der Waals surface area contributed by atoms with E-state index in [1.165, 1.54) is 45.6 Å². The van der Waals surface area contributed by atoms with E-state index in [4.69, 9.17) is 4.74 Å². The number of ether oxygens (including phenoxy) is 1. The zero-order valence-corrected chi connectivity index (χ0v) is 17.0. The summed E-state index contributed by atoms with van der Waals surface area (Å²) >= 11 is 0. The van der Waals surface area contributed by atoms with Crippen LogP contribution in [0.3, 0.4) is 0 Å². The predicted octanol–water partition coefficient (Wildman–Crippen LogP) is 4.11. The molecule has 156 valence electrons. The van der Waals surface area contributed by atoms with Crippen LogP contribution < -0.4 is 10.1 Å². The number of carbonyl (C=O) groups excluding carboxylic acids is 1. The van der Waals surface area contributed by atoms with Crippen LogP contribution >= 0.6 is 0 Å². The van der Waals surface area contributed by atoms with E-state index in [1.807, 2.05) is 0 Å². The van der Waals surface area contributed by atoms with Gasteiger partial charge in [-0.15, -0.1) is 0 Å². The molecule has 0 spiro atoms. The highest BCUT2D eigenvalue weighted by Crippen LogP contribution is 2.70. The number of benzene rings is 1. The number of hydrogen-bond donors (Lipinski definition) is 2. The summed E-state index contributed by atoms with van der Waals surface area (Å²) in [6, 6.07) is 2.90. The minimum absolute atomic E-state index is 0.115. The monoisotopic (exact) mass is 401 g/mol. The maximum absolute atomic E-state index is 14.8. The number of carboxylic acid groups (broad SMARTS) is 1. The van der Waals surface area contributed by atoms with Gasteiger partial charge in [-0.1, -0.05) is 0 Å². The van der Waals surface area contributed by atoms with E-state index < -0.39 is 23.2 Å². The van der Waals surface area contributed by atoms with Gasteiger partial charge >= 0.3 is 5.97 Å². The van der Waals surface area contributed by atoms with Gasteiger partial charge < -0.3 is 15.2 Å². The fraction of sp³-hybridized carbons (Fsp3) is 0.652. The number of amides is 1. The van der Waals surface area contributed by atoms with Crippen molar-refractivity contribution >= 4 is 11.9 Å². The molecule has 5 fully saturated rings. The first-order valence-corrected chi connectivity index (χ1v) is 10.7. The number of rotatable bonds is 7. The average Bonchev–Trinajstić information content (AvgIpc) is 3.05.